The van der Waals surface area contributed by atoms with Gasteiger partial charge in [-0.15, -0.1) is 0 Å². The van der Waals surface area contributed by atoms with Gasteiger partial charge in [0.15, 0.2) is 0 Å². The fraction of sp³-hybridized carbons (Fsp3) is 0.364. The molecule has 0 saturated heterocycles. The van der Waals surface area contributed by atoms with Crippen LogP contribution in [0.15, 0.2) is 18.2 Å². The second-order valence-corrected chi connectivity index (χ2v) is 4.20. The van der Waals surface area contributed by atoms with Gasteiger partial charge in [-0.3, -0.25) is 4.79 Å². The van der Waals surface area contributed by atoms with E-state index in [1.54, 1.807) is 25.1 Å². The second kappa shape index (κ2) is 5.97. The van der Waals surface area contributed by atoms with Crippen LogP contribution in [0.1, 0.15) is 19.8 Å². The van der Waals surface area contributed by atoms with Gasteiger partial charge < -0.3 is 9.84 Å². The van der Waals surface area contributed by atoms with Crippen LogP contribution in [0.25, 0.3) is 0 Å². The Morgan fingerprint density at radius 1 is 1.50 bits per heavy atom. The van der Waals surface area contributed by atoms with Crippen LogP contribution in [0.3, 0.4) is 0 Å². The molecule has 5 heteroatoms. The lowest BCUT2D eigenvalue weighted by Gasteiger charge is -2.15. The number of carboxylic acids is 1. The van der Waals surface area contributed by atoms with E-state index in [9.17, 15) is 4.79 Å². The maximum atomic E-state index is 10.4. The summed E-state index contributed by atoms with van der Waals surface area (Å²) in [5.41, 5.74) is 0. The molecule has 0 saturated carbocycles. The monoisotopic (exact) mass is 262 g/mol. The molecule has 0 aromatic heterocycles. The third-order valence-electron chi connectivity index (χ3n) is 2.01. The molecular weight excluding hydrogens is 251 g/mol. The molecule has 88 valence electrons. The first kappa shape index (κ1) is 13.1. The lowest BCUT2D eigenvalue weighted by molar-refractivity contribution is -0.137. The Morgan fingerprint density at radius 3 is 2.81 bits per heavy atom. The van der Waals surface area contributed by atoms with Crippen molar-refractivity contribution in [1.82, 2.24) is 0 Å². The molecule has 1 atom stereocenters. The maximum absolute atomic E-state index is 10.4. The Bertz CT molecular complexity index is 379. The summed E-state index contributed by atoms with van der Waals surface area (Å²) in [6.45, 7) is 1.79. The first-order valence-electron chi connectivity index (χ1n) is 4.83. The molecule has 1 aromatic rings. The highest BCUT2D eigenvalue weighted by Gasteiger charge is 2.10. The van der Waals surface area contributed by atoms with Gasteiger partial charge in [0.1, 0.15) is 10.8 Å². The highest BCUT2D eigenvalue weighted by molar-refractivity contribution is 6.42. The van der Waals surface area contributed by atoms with Gasteiger partial charge in [-0.05, 0) is 25.5 Å². The van der Waals surface area contributed by atoms with Crippen LogP contribution < -0.4 is 4.74 Å². The predicted octanol–water partition coefficient (Wildman–Crippen LogP) is 3.63. The Kier molecular flexibility index (Phi) is 4.90. The van der Waals surface area contributed by atoms with E-state index in [1.165, 1.54) is 0 Å². The van der Waals surface area contributed by atoms with Crippen LogP contribution >= 0.6 is 23.2 Å². The van der Waals surface area contributed by atoms with Crippen LogP contribution in [0.4, 0.5) is 0 Å². The lowest BCUT2D eigenvalue weighted by Crippen LogP contribution is -2.13. The van der Waals surface area contributed by atoms with Crippen LogP contribution in [-0.4, -0.2) is 17.2 Å². The number of hydrogen-bond donors (Lipinski definition) is 1. The quantitative estimate of drug-likeness (QED) is 0.882. The molecule has 0 amide bonds. The summed E-state index contributed by atoms with van der Waals surface area (Å²) in [6, 6.07) is 5.09. The van der Waals surface area contributed by atoms with E-state index < -0.39 is 5.97 Å². The molecule has 0 aliphatic rings. The van der Waals surface area contributed by atoms with Crippen molar-refractivity contribution >= 4 is 29.2 Å². The SMILES string of the molecule is CC(CCC(=O)O)Oc1cccc(Cl)c1Cl. The Hall–Kier alpha value is -0.930. The zero-order valence-corrected chi connectivity index (χ0v) is 10.3. The van der Waals surface area contributed by atoms with Crippen LogP contribution in [0, 0.1) is 0 Å². The fourth-order valence-corrected chi connectivity index (χ4v) is 1.51. The van der Waals surface area contributed by atoms with Crippen molar-refractivity contribution in [1.29, 1.82) is 0 Å². The highest BCUT2D eigenvalue weighted by Crippen LogP contribution is 2.32. The Labute approximate surface area is 104 Å². The van der Waals surface area contributed by atoms with E-state index in [1.807, 2.05) is 0 Å². The molecule has 0 radical (unpaired) electrons. The molecule has 0 heterocycles. The Morgan fingerprint density at radius 2 is 2.19 bits per heavy atom. The highest BCUT2D eigenvalue weighted by atomic mass is 35.5. The second-order valence-electron chi connectivity index (χ2n) is 3.41. The summed E-state index contributed by atoms with van der Waals surface area (Å²) < 4.78 is 5.50. The number of halogens is 2. The average Bonchev–Trinajstić information content (AvgIpc) is 2.22. The zero-order chi connectivity index (χ0) is 12.1. The van der Waals surface area contributed by atoms with Crippen LogP contribution in [0.2, 0.25) is 10.0 Å². The number of aliphatic carboxylic acids is 1. The third-order valence-corrected chi connectivity index (χ3v) is 2.81. The number of carbonyl (C=O) groups is 1. The van der Waals surface area contributed by atoms with E-state index in [4.69, 9.17) is 33.0 Å². The van der Waals surface area contributed by atoms with Gasteiger partial charge in [0, 0.05) is 6.42 Å². The van der Waals surface area contributed by atoms with Crippen molar-refractivity contribution in [3.63, 3.8) is 0 Å². The van der Waals surface area contributed by atoms with Crippen molar-refractivity contribution < 1.29 is 14.6 Å². The molecule has 0 aliphatic heterocycles. The molecule has 1 N–H and O–H groups in total. The minimum atomic E-state index is -0.840. The normalized spacial score (nSPS) is 12.2. The smallest absolute Gasteiger partial charge is 0.303 e. The molecule has 0 spiro atoms. The number of rotatable bonds is 5. The summed E-state index contributed by atoms with van der Waals surface area (Å²) in [5.74, 6) is -0.361. The fourth-order valence-electron chi connectivity index (χ4n) is 1.18. The molecule has 1 unspecified atom stereocenters. The van der Waals surface area contributed by atoms with Crippen molar-refractivity contribution in [2.45, 2.75) is 25.9 Å². The number of carboxylic acid groups (broad SMARTS) is 1. The van der Waals surface area contributed by atoms with Gasteiger partial charge >= 0.3 is 5.97 Å². The summed E-state index contributed by atoms with van der Waals surface area (Å²) in [5, 5.41) is 9.30. The first-order chi connectivity index (χ1) is 7.50. The van der Waals surface area contributed by atoms with Crippen molar-refractivity contribution in [3.8, 4) is 5.75 Å². The summed E-state index contributed by atoms with van der Waals surface area (Å²) in [4.78, 5) is 10.4. The zero-order valence-electron chi connectivity index (χ0n) is 8.74. The molecular formula is C11H12Cl2O3. The number of benzene rings is 1. The maximum Gasteiger partial charge on any atom is 0.303 e. The topological polar surface area (TPSA) is 46.5 Å². The minimum Gasteiger partial charge on any atom is -0.489 e. The molecule has 16 heavy (non-hydrogen) atoms. The summed E-state index contributed by atoms with van der Waals surface area (Å²) >= 11 is 11.7. The van der Waals surface area contributed by atoms with E-state index in [0.29, 0.717) is 22.2 Å². The van der Waals surface area contributed by atoms with E-state index >= 15 is 0 Å². The number of ether oxygens (including phenoxy) is 1. The molecule has 1 aromatic carbocycles. The Balaban J connectivity index is 2.59. The summed E-state index contributed by atoms with van der Waals surface area (Å²) in [6.07, 6.45) is 0.282. The van der Waals surface area contributed by atoms with Gasteiger partial charge in [0.2, 0.25) is 0 Å². The van der Waals surface area contributed by atoms with Crippen LogP contribution in [0.5, 0.6) is 5.75 Å². The lowest BCUT2D eigenvalue weighted by atomic mass is 10.2. The van der Waals surface area contributed by atoms with E-state index in [2.05, 4.69) is 0 Å². The van der Waals surface area contributed by atoms with Gasteiger partial charge in [-0.1, -0.05) is 29.3 Å². The van der Waals surface area contributed by atoms with Gasteiger partial charge in [0.25, 0.3) is 0 Å². The van der Waals surface area contributed by atoms with E-state index in [-0.39, 0.29) is 12.5 Å². The van der Waals surface area contributed by atoms with Gasteiger partial charge in [0.05, 0.1) is 11.1 Å². The predicted molar refractivity (Wildman–Crippen MR) is 63.4 cm³/mol. The summed E-state index contributed by atoms with van der Waals surface area (Å²) in [7, 11) is 0. The first-order valence-corrected chi connectivity index (χ1v) is 5.58. The number of hydrogen-bond acceptors (Lipinski definition) is 2. The van der Waals surface area contributed by atoms with E-state index in [0.717, 1.165) is 0 Å². The standard InChI is InChI=1S/C11H12Cl2O3/c1-7(5-6-10(14)15)16-9-4-2-3-8(12)11(9)13/h2-4,7H,5-6H2,1H3,(H,14,15). The minimum absolute atomic E-state index is 0.0688. The van der Waals surface area contributed by atoms with Crippen molar-refractivity contribution in [2.24, 2.45) is 0 Å². The van der Waals surface area contributed by atoms with Crippen molar-refractivity contribution in [2.75, 3.05) is 0 Å². The van der Waals surface area contributed by atoms with Gasteiger partial charge in [-0.2, -0.15) is 0 Å². The third kappa shape index (κ3) is 3.91. The van der Waals surface area contributed by atoms with Crippen LogP contribution in [-0.2, 0) is 4.79 Å². The molecule has 1 rings (SSSR count). The van der Waals surface area contributed by atoms with Gasteiger partial charge in [-0.25, -0.2) is 0 Å². The average molecular weight is 263 g/mol. The molecule has 0 aliphatic carbocycles. The molecule has 3 nitrogen and oxygen atoms in total. The molecule has 0 fully saturated rings. The molecule has 0 bridgehead atoms. The largest absolute Gasteiger partial charge is 0.489 e. The van der Waals surface area contributed by atoms with Crippen molar-refractivity contribution in [3.05, 3.63) is 28.2 Å².